The number of hydrogen-bond donors (Lipinski definition) is 2. The summed E-state index contributed by atoms with van der Waals surface area (Å²) < 4.78 is 51.0. The molecule has 126 valence electrons. The van der Waals surface area contributed by atoms with Gasteiger partial charge in [0.25, 0.3) is 0 Å². The topological polar surface area (TPSA) is 133 Å². The number of fused-ring (bicyclic) bond motifs is 1. The van der Waals surface area contributed by atoms with Crippen molar-refractivity contribution in [2.45, 2.75) is 9.79 Å². The fraction of sp³-hybridized carbons (Fsp3) is 0. The molecule has 7 nitrogen and oxygen atoms in total. The summed E-state index contributed by atoms with van der Waals surface area (Å²) >= 11 is 6.27. The highest BCUT2D eigenvalue weighted by atomic mass is 35.5. The fourth-order valence-corrected chi connectivity index (χ4v) is 3.55. The van der Waals surface area contributed by atoms with E-state index in [0.717, 1.165) is 0 Å². The highest BCUT2D eigenvalue weighted by Gasteiger charge is 2.18. The van der Waals surface area contributed by atoms with E-state index in [-0.39, 0.29) is 26.2 Å². The standard InChI is InChI=1S/C14H11ClN2O5S2/c15-13-11-6-5-10(24(17,20)21)7-12(11)22-14(13)8-1-3-9(4-2-8)23(16,18)19/h1-7H,(H2,16,18,19)(H2,17,20,21). The van der Waals surface area contributed by atoms with Gasteiger partial charge in [-0.15, -0.1) is 0 Å². The van der Waals surface area contributed by atoms with Crippen LogP contribution in [0.2, 0.25) is 5.02 Å². The minimum absolute atomic E-state index is 0.0463. The van der Waals surface area contributed by atoms with Crippen molar-refractivity contribution in [3.05, 3.63) is 47.5 Å². The first-order chi connectivity index (χ1) is 11.1. The number of hydrogen-bond acceptors (Lipinski definition) is 5. The molecule has 0 aliphatic rings. The van der Waals surface area contributed by atoms with Gasteiger partial charge in [-0.25, -0.2) is 27.1 Å². The van der Waals surface area contributed by atoms with Crippen LogP contribution < -0.4 is 10.3 Å². The molecular weight excluding hydrogens is 376 g/mol. The Morgan fingerprint density at radius 3 is 1.92 bits per heavy atom. The van der Waals surface area contributed by atoms with Crippen LogP contribution in [0.1, 0.15) is 0 Å². The van der Waals surface area contributed by atoms with Crippen LogP contribution >= 0.6 is 11.6 Å². The van der Waals surface area contributed by atoms with Crippen molar-refractivity contribution in [2.75, 3.05) is 0 Å². The van der Waals surface area contributed by atoms with Crippen molar-refractivity contribution >= 4 is 42.6 Å². The van der Waals surface area contributed by atoms with Gasteiger partial charge in [0, 0.05) is 17.0 Å². The normalized spacial score (nSPS) is 12.6. The summed E-state index contributed by atoms with van der Waals surface area (Å²) in [5.41, 5.74) is 0.762. The summed E-state index contributed by atoms with van der Waals surface area (Å²) in [6.45, 7) is 0. The summed E-state index contributed by atoms with van der Waals surface area (Å²) in [6.07, 6.45) is 0. The Morgan fingerprint density at radius 1 is 0.833 bits per heavy atom. The van der Waals surface area contributed by atoms with Crippen LogP contribution in [-0.2, 0) is 20.0 Å². The molecule has 24 heavy (non-hydrogen) atoms. The van der Waals surface area contributed by atoms with Crippen molar-refractivity contribution in [1.82, 2.24) is 0 Å². The molecule has 2 aromatic carbocycles. The van der Waals surface area contributed by atoms with E-state index in [2.05, 4.69) is 0 Å². The van der Waals surface area contributed by atoms with E-state index in [1.54, 1.807) is 0 Å². The minimum Gasteiger partial charge on any atom is -0.454 e. The summed E-state index contributed by atoms with van der Waals surface area (Å²) in [7, 11) is -7.67. The predicted octanol–water partition coefficient (Wildman–Crippen LogP) is 2.05. The van der Waals surface area contributed by atoms with Crippen molar-refractivity contribution in [3.8, 4) is 11.3 Å². The monoisotopic (exact) mass is 386 g/mol. The minimum atomic E-state index is -3.87. The Kier molecular flexibility index (Phi) is 3.93. The molecule has 0 atom stereocenters. The molecule has 0 unspecified atom stereocenters. The maximum absolute atomic E-state index is 11.4. The zero-order chi connectivity index (χ0) is 17.7. The highest BCUT2D eigenvalue weighted by molar-refractivity contribution is 7.89. The van der Waals surface area contributed by atoms with E-state index in [1.807, 2.05) is 0 Å². The Labute approximate surface area is 142 Å². The fourth-order valence-electron chi connectivity index (χ4n) is 2.20. The van der Waals surface area contributed by atoms with E-state index in [0.29, 0.717) is 10.9 Å². The molecule has 0 aliphatic carbocycles. The van der Waals surface area contributed by atoms with Crippen molar-refractivity contribution < 1.29 is 21.3 Å². The molecular formula is C14H11ClN2O5S2. The van der Waals surface area contributed by atoms with Crippen LogP contribution in [0, 0.1) is 0 Å². The molecule has 10 heteroatoms. The van der Waals surface area contributed by atoms with Crippen LogP contribution in [0.5, 0.6) is 0 Å². The van der Waals surface area contributed by atoms with Gasteiger partial charge in [-0.2, -0.15) is 0 Å². The number of halogens is 1. The summed E-state index contributed by atoms with van der Waals surface area (Å²) in [5, 5.41) is 10.9. The number of furan rings is 1. The molecule has 0 saturated heterocycles. The van der Waals surface area contributed by atoms with Gasteiger partial charge < -0.3 is 4.42 Å². The lowest BCUT2D eigenvalue weighted by atomic mass is 10.1. The largest absolute Gasteiger partial charge is 0.454 e. The van der Waals surface area contributed by atoms with Crippen molar-refractivity contribution in [1.29, 1.82) is 0 Å². The van der Waals surface area contributed by atoms with Gasteiger partial charge in [0.15, 0.2) is 5.76 Å². The van der Waals surface area contributed by atoms with Gasteiger partial charge in [-0.3, -0.25) is 0 Å². The maximum atomic E-state index is 11.4. The molecule has 0 bridgehead atoms. The lowest BCUT2D eigenvalue weighted by molar-refractivity contribution is 0.595. The summed E-state index contributed by atoms with van der Waals surface area (Å²) in [6, 6.07) is 9.72. The van der Waals surface area contributed by atoms with Gasteiger partial charge >= 0.3 is 0 Å². The Bertz CT molecular complexity index is 1150. The molecule has 0 aliphatic heterocycles. The van der Waals surface area contributed by atoms with Gasteiger partial charge in [0.1, 0.15) is 5.58 Å². The van der Waals surface area contributed by atoms with E-state index < -0.39 is 20.0 Å². The van der Waals surface area contributed by atoms with E-state index in [4.69, 9.17) is 26.3 Å². The second kappa shape index (κ2) is 5.57. The highest BCUT2D eigenvalue weighted by Crippen LogP contribution is 2.38. The van der Waals surface area contributed by atoms with Crippen LogP contribution in [0.25, 0.3) is 22.3 Å². The molecule has 0 fully saturated rings. The molecule has 0 amide bonds. The van der Waals surface area contributed by atoms with Gasteiger partial charge in [-0.1, -0.05) is 11.6 Å². The van der Waals surface area contributed by atoms with Gasteiger partial charge in [0.2, 0.25) is 20.0 Å². The smallest absolute Gasteiger partial charge is 0.238 e. The average molecular weight is 387 g/mol. The zero-order valence-electron chi connectivity index (χ0n) is 11.9. The maximum Gasteiger partial charge on any atom is 0.238 e. The zero-order valence-corrected chi connectivity index (χ0v) is 14.3. The number of nitrogens with two attached hydrogens (primary N) is 2. The van der Waals surface area contributed by atoms with Crippen LogP contribution in [-0.4, -0.2) is 16.8 Å². The SMILES string of the molecule is NS(=O)(=O)c1ccc(-c2oc3cc(S(N)(=O)=O)ccc3c2Cl)cc1. The lowest BCUT2D eigenvalue weighted by Crippen LogP contribution is -2.11. The first kappa shape index (κ1) is 16.9. The average Bonchev–Trinajstić information content (AvgIpc) is 2.82. The molecule has 0 saturated carbocycles. The molecule has 3 rings (SSSR count). The van der Waals surface area contributed by atoms with Crippen LogP contribution in [0.3, 0.4) is 0 Å². The predicted molar refractivity (Wildman–Crippen MR) is 89.4 cm³/mol. The van der Waals surface area contributed by atoms with Gasteiger partial charge in [-0.05, 0) is 36.4 Å². The lowest BCUT2D eigenvalue weighted by Gasteiger charge is -2.00. The number of primary sulfonamides is 2. The van der Waals surface area contributed by atoms with Crippen molar-refractivity contribution in [2.24, 2.45) is 10.3 Å². The molecule has 4 N–H and O–H groups in total. The quantitative estimate of drug-likeness (QED) is 0.710. The van der Waals surface area contributed by atoms with Crippen LogP contribution in [0.4, 0.5) is 0 Å². The third kappa shape index (κ3) is 3.04. The molecule has 0 spiro atoms. The first-order valence-electron chi connectivity index (χ1n) is 6.45. The second-order valence-electron chi connectivity index (χ2n) is 5.02. The van der Waals surface area contributed by atoms with E-state index in [1.165, 1.54) is 42.5 Å². The Balaban J connectivity index is 2.15. The molecule has 1 heterocycles. The Morgan fingerprint density at radius 2 is 1.38 bits per heavy atom. The summed E-state index contributed by atoms with van der Waals surface area (Å²) in [4.78, 5) is -0.147. The third-order valence-electron chi connectivity index (χ3n) is 3.37. The van der Waals surface area contributed by atoms with E-state index in [9.17, 15) is 16.8 Å². The summed E-state index contributed by atoms with van der Waals surface area (Å²) in [5.74, 6) is 0.277. The second-order valence-corrected chi connectivity index (χ2v) is 8.52. The number of sulfonamides is 2. The molecule has 1 aromatic heterocycles. The third-order valence-corrected chi connectivity index (χ3v) is 5.59. The van der Waals surface area contributed by atoms with E-state index >= 15 is 0 Å². The Hall–Kier alpha value is -1.91. The number of rotatable bonds is 3. The van der Waals surface area contributed by atoms with Crippen LogP contribution in [0.15, 0.2) is 56.7 Å². The van der Waals surface area contributed by atoms with Crippen molar-refractivity contribution in [3.63, 3.8) is 0 Å². The number of benzene rings is 2. The first-order valence-corrected chi connectivity index (χ1v) is 9.92. The molecule has 3 aromatic rings. The van der Waals surface area contributed by atoms with Gasteiger partial charge in [0.05, 0.1) is 14.8 Å². The molecule has 0 radical (unpaired) electrons.